The monoisotopic (exact) mass is 272 g/mol. The molecule has 0 aliphatic carbocycles. The molecule has 0 bridgehead atoms. The molecule has 0 aromatic carbocycles. The van der Waals surface area contributed by atoms with E-state index in [9.17, 15) is 4.79 Å². The maximum Gasteiger partial charge on any atom is 0.331 e. The first-order chi connectivity index (χ1) is 9.31. The minimum Gasteiger partial charge on any atom is -0.464 e. The number of carbonyl (C=O) groups excluding carboxylic acids is 1. The molecule has 0 fully saturated rings. The van der Waals surface area contributed by atoms with Gasteiger partial charge in [-0.2, -0.15) is 0 Å². The molecule has 1 N–H and O–H groups in total. The lowest BCUT2D eigenvalue weighted by molar-refractivity contribution is -0.147. The molecule has 0 spiro atoms. The van der Waals surface area contributed by atoms with Crippen LogP contribution in [0.4, 0.5) is 0 Å². The molecule has 0 radical (unpaired) electrons. The van der Waals surface area contributed by atoms with Gasteiger partial charge >= 0.3 is 5.97 Å². The third-order valence-corrected chi connectivity index (χ3v) is 3.39. The van der Waals surface area contributed by atoms with E-state index in [0.717, 1.165) is 12.8 Å². The van der Waals surface area contributed by atoms with E-state index in [1.165, 1.54) is 64.2 Å². The summed E-state index contributed by atoms with van der Waals surface area (Å²) in [4.78, 5) is 10.6. The van der Waals surface area contributed by atoms with Crippen molar-refractivity contribution in [1.29, 1.82) is 0 Å². The zero-order chi connectivity index (χ0) is 14.2. The quantitative estimate of drug-likeness (QED) is 0.380. The van der Waals surface area contributed by atoms with Gasteiger partial charge in [0.1, 0.15) is 6.61 Å². The Hall–Kier alpha value is -0.570. The van der Waals surface area contributed by atoms with Crippen LogP contribution in [0.2, 0.25) is 0 Å². The van der Waals surface area contributed by atoms with Crippen molar-refractivity contribution in [1.82, 2.24) is 0 Å². The van der Waals surface area contributed by atoms with Crippen LogP contribution in [0.3, 0.4) is 0 Å². The largest absolute Gasteiger partial charge is 0.464 e. The fraction of sp³-hybridized carbons (Fsp3) is 0.938. The van der Waals surface area contributed by atoms with Crippen molar-refractivity contribution in [3.8, 4) is 0 Å². The average molecular weight is 272 g/mol. The smallest absolute Gasteiger partial charge is 0.331 e. The number of unbranched alkanes of at least 4 members (excludes halogenated alkanes) is 11. The lowest BCUT2D eigenvalue weighted by Gasteiger charge is -2.03. The summed E-state index contributed by atoms with van der Waals surface area (Å²) in [5, 5.41) is 8.45. The van der Waals surface area contributed by atoms with Gasteiger partial charge in [0.25, 0.3) is 0 Å². The van der Waals surface area contributed by atoms with Crippen LogP contribution in [-0.4, -0.2) is 24.3 Å². The average Bonchev–Trinajstić information content (AvgIpc) is 2.43. The number of rotatable bonds is 14. The molecule has 3 heteroatoms. The Kier molecular flexibility index (Phi) is 15.0. The Bertz CT molecular complexity index is 192. The molecule has 0 heterocycles. The third kappa shape index (κ3) is 15.4. The molecule has 0 saturated heterocycles. The minimum atomic E-state index is -0.511. The van der Waals surface area contributed by atoms with E-state index in [0.29, 0.717) is 6.61 Å². The van der Waals surface area contributed by atoms with E-state index < -0.39 is 12.6 Å². The lowest BCUT2D eigenvalue weighted by Crippen LogP contribution is -2.09. The van der Waals surface area contributed by atoms with Gasteiger partial charge in [0.15, 0.2) is 0 Å². The van der Waals surface area contributed by atoms with Gasteiger partial charge in [-0.1, -0.05) is 77.6 Å². The summed E-state index contributed by atoms with van der Waals surface area (Å²) in [6.07, 6.45) is 15.6. The van der Waals surface area contributed by atoms with E-state index in [1.807, 2.05) is 0 Å². The van der Waals surface area contributed by atoms with Gasteiger partial charge in [0.05, 0.1) is 6.61 Å². The topological polar surface area (TPSA) is 46.5 Å². The van der Waals surface area contributed by atoms with Gasteiger partial charge in [-0.3, -0.25) is 0 Å². The van der Waals surface area contributed by atoms with Crippen molar-refractivity contribution < 1.29 is 14.6 Å². The standard InChI is InChI=1S/C16H32O3/c1-2-3-4-5-6-7-8-9-10-11-12-13-14-19-16(18)15-17/h17H,2-15H2,1H3. The summed E-state index contributed by atoms with van der Waals surface area (Å²) in [5.41, 5.74) is 0. The van der Waals surface area contributed by atoms with Gasteiger partial charge in [-0.15, -0.1) is 0 Å². The molecule has 0 amide bonds. The highest BCUT2D eigenvalue weighted by Crippen LogP contribution is 2.11. The molecule has 0 aromatic heterocycles. The van der Waals surface area contributed by atoms with E-state index >= 15 is 0 Å². The van der Waals surface area contributed by atoms with E-state index in [2.05, 4.69) is 6.92 Å². The number of hydrogen-bond donors (Lipinski definition) is 1. The molecule has 0 unspecified atom stereocenters. The Labute approximate surface area is 118 Å². The van der Waals surface area contributed by atoms with Crippen LogP contribution < -0.4 is 0 Å². The van der Waals surface area contributed by atoms with Crippen molar-refractivity contribution >= 4 is 5.97 Å². The number of carbonyl (C=O) groups is 1. The van der Waals surface area contributed by atoms with Crippen LogP contribution in [0.15, 0.2) is 0 Å². The molecule has 0 atom stereocenters. The first-order valence-electron chi connectivity index (χ1n) is 8.07. The molecule has 114 valence electrons. The summed E-state index contributed by atoms with van der Waals surface area (Å²) in [5.74, 6) is -0.511. The number of esters is 1. The van der Waals surface area contributed by atoms with Gasteiger partial charge in [0, 0.05) is 0 Å². The van der Waals surface area contributed by atoms with Gasteiger partial charge in [-0.05, 0) is 6.42 Å². The number of hydrogen-bond acceptors (Lipinski definition) is 3. The second kappa shape index (κ2) is 15.5. The van der Waals surface area contributed by atoms with Crippen LogP contribution >= 0.6 is 0 Å². The van der Waals surface area contributed by atoms with Gasteiger partial charge in [-0.25, -0.2) is 4.79 Å². The fourth-order valence-corrected chi connectivity index (χ4v) is 2.17. The van der Waals surface area contributed by atoms with Crippen LogP contribution in [0.25, 0.3) is 0 Å². The van der Waals surface area contributed by atoms with E-state index in [-0.39, 0.29) is 0 Å². The van der Waals surface area contributed by atoms with Crippen LogP contribution in [0.5, 0.6) is 0 Å². The molecular formula is C16H32O3. The van der Waals surface area contributed by atoms with Crippen molar-refractivity contribution in [3.63, 3.8) is 0 Å². The highest BCUT2D eigenvalue weighted by molar-refractivity contribution is 5.70. The maximum absolute atomic E-state index is 10.6. The zero-order valence-electron chi connectivity index (χ0n) is 12.7. The summed E-state index contributed by atoms with van der Waals surface area (Å²) >= 11 is 0. The molecule has 0 saturated carbocycles. The Balaban J connectivity index is 2.97. The van der Waals surface area contributed by atoms with Crippen LogP contribution in [0.1, 0.15) is 84.0 Å². The zero-order valence-corrected chi connectivity index (χ0v) is 12.7. The second-order valence-electron chi connectivity index (χ2n) is 5.27. The summed E-state index contributed by atoms with van der Waals surface area (Å²) in [6.45, 7) is 2.21. The summed E-state index contributed by atoms with van der Waals surface area (Å²) in [7, 11) is 0. The van der Waals surface area contributed by atoms with E-state index in [1.54, 1.807) is 0 Å². The predicted molar refractivity (Wildman–Crippen MR) is 79.1 cm³/mol. The van der Waals surface area contributed by atoms with Crippen LogP contribution in [-0.2, 0) is 9.53 Å². The van der Waals surface area contributed by atoms with Crippen molar-refractivity contribution in [2.75, 3.05) is 13.2 Å². The molecule has 19 heavy (non-hydrogen) atoms. The van der Waals surface area contributed by atoms with E-state index in [4.69, 9.17) is 9.84 Å². The van der Waals surface area contributed by atoms with Crippen molar-refractivity contribution in [3.05, 3.63) is 0 Å². The first kappa shape index (κ1) is 18.4. The second-order valence-corrected chi connectivity index (χ2v) is 5.27. The molecule has 0 aromatic rings. The fourth-order valence-electron chi connectivity index (χ4n) is 2.17. The van der Waals surface area contributed by atoms with Gasteiger partial charge in [0.2, 0.25) is 0 Å². The third-order valence-electron chi connectivity index (χ3n) is 3.39. The Morgan fingerprint density at radius 2 is 1.21 bits per heavy atom. The number of aliphatic hydroxyl groups is 1. The summed E-state index contributed by atoms with van der Waals surface area (Å²) in [6, 6.07) is 0. The molecule has 3 nitrogen and oxygen atoms in total. The Morgan fingerprint density at radius 1 is 0.789 bits per heavy atom. The number of aliphatic hydroxyl groups excluding tert-OH is 1. The lowest BCUT2D eigenvalue weighted by atomic mass is 10.1. The van der Waals surface area contributed by atoms with Crippen LogP contribution in [0, 0.1) is 0 Å². The maximum atomic E-state index is 10.6. The van der Waals surface area contributed by atoms with Crippen molar-refractivity contribution in [2.45, 2.75) is 84.0 Å². The molecule has 0 rings (SSSR count). The SMILES string of the molecule is CCCCCCCCCCCCCCOC(=O)CO. The molecular weight excluding hydrogens is 240 g/mol. The summed E-state index contributed by atoms with van der Waals surface area (Å²) < 4.78 is 4.79. The normalized spacial score (nSPS) is 10.6. The molecule has 0 aliphatic rings. The minimum absolute atomic E-state index is 0.455. The highest BCUT2D eigenvalue weighted by Gasteiger charge is 1.98. The van der Waals surface area contributed by atoms with Gasteiger partial charge < -0.3 is 9.84 Å². The van der Waals surface area contributed by atoms with Crippen molar-refractivity contribution in [2.24, 2.45) is 0 Å². The highest BCUT2D eigenvalue weighted by atomic mass is 16.5. The first-order valence-corrected chi connectivity index (χ1v) is 8.07. The predicted octanol–water partition coefficient (Wildman–Crippen LogP) is 4.22. The number of ether oxygens (including phenoxy) is 1. The Morgan fingerprint density at radius 3 is 1.63 bits per heavy atom. The molecule has 0 aliphatic heterocycles.